The van der Waals surface area contributed by atoms with Crippen LogP contribution in [0.1, 0.15) is 23.6 Å². The molecule has 0 spiro atoms. The SMILES string of the molecule is CCOc1cc(/C=C2\C(=O)NC(=O)N(c3ccc(OCc4ccccc4Cl)cc3)C2=O)cc(I)c1OS(=O)(=O)c1ccc(C)cc1. The van der Waals surface area contributed by atoms with Crippen LogP contribution in [0.3, 0.4) is 0 Å². The second-order valence-corrected chi connectivity index (χ2v) is 13.1. The van der Waals surface area contributed by atoms with Crippen molar-refractivity contribution in [2.24, 2.45) is 0 Å². The highest BCUT2D eigenvalue weighted by molar-refractivity contribution is 14.1. The molecule has 5 rings (SSSR count). The molecule has 0 saturated carbocycles. The molecule has 1 N–H and O–H groups in total. The predicted octanol–water partition coefficient (Wildman–Crippen LogP) is 6.66. The molecular weight excluding hydrogens is 747 g/mol. The Bertz CT molecular complexity index is 1960. The number of barbiturate groups is 1. The summed E-state index contributed by atoms with van der Waals surface area (Å²) in [6, 6.07) is 21.7. The Balaban J connectivity index is 1.40. The number of hydrogen-bond acceptors (Lipinski definition) is 8. The quantitative estimate of drug-likeness (QED) is 0.0821. The van der Waals surface area contributed by atoms with Crippen LogP contribution in [-0.2, 0) is 26.3 Å². The third-order valence-electron chi connectivity index (χ3n) is 6.69. The van der Waals surface area contributed by atoms with Gasteiger partial charge < -0.3 is 13.7 Å². The molecule has 4 amide bonds. The summed E-state index contributed by atoms with van der Waals surface area (Å²) in [7, 11) is -4.20. The van der Waals surface area contributed by atoms with E-state index in [4.69, 9.17) is 25.3 Å². The topological polar surface area (TPSA) is 128 Å². The van der Waals surface area contributed by atoms with Gasteiger partial charge in [0.2, 0.25) is 0 Å². The molecule has 0 atom stereocenters. The van der Waals surface area contributed by atoms with Gasteiger partial charge in [0.1, 0.15) is 22.8 Å². The number of imide groups is 2. The highest BCUT2D eigenvalue weighted by Gasteiger charge is 2.37. The van der Waals surface area contributed by atoms with Crippen molar-refractivity contribution in [3.8, 4) is 17.2 Å². The van der Waals surface area contributed by atoms with E-state index in [0.717, 1.165) is 16.0 Å². The van der Waals surface area contributed by atoms with Gasteiger partial charge >= 0.3 is 16.1 Å². The maximum Gasteiger partial charge on any atom is 0.339 e. The Morgan fingerprint density at radius 1 is 0.935 bits per heavy atom. The zero-order chi connectivity index (χ0) is 33.0. The van der Waals surface area contributed by atoms with Crippen LogP contribution in [0, 0.1) is 10.5 Å². The molecular formula is C33H26ClIN2O8S. The minimum Gasteiger partial charge on any atom is -0.490 e. The van der Waals surface area contributed by atoms with Crippen molar-refractivity contribution in [2.45, 2.75) is 25.3 Å². The van der Waals surface area contributed by atoms with Crippen LogP contribution in [-0.4, -0.2) is 32.9 Å². The normalized spacial score (nSPS) is 14.3. The van der Waals surface area contributed by atoms with Crippen molar-refractivity contribution in [3.63, 3.8) is 0 Å². The van der Waals surface area contributed by atoms with E-state index in [2.05, 4.69) is 5.32 Å². The molecule has 1 saturated heterocycles. The number of halogens is 2. The lowest BCUT2D eigenvalue weighted by Gasteiger charge is -2.26. The number of ether oxygens (including phenoxy) is 2. The van der Waals surface area contributed by atoms with Crippen molar-refractivity contribution in [1.29, 1.82) is 0 Å². The second-order valence-electron chi connectivity index (χ2n) is 9.95. The lowest BCUT2D eigenvalue weighted by Crippen LogP contribution is -2.54. The molecule has 0 unspecified atom stereocenters. The standard InChI is InChI=1S/C33H26ClIN2O8S/c1-3-43-29-18-21(17-28(35)30(29)45-46(41,42)25-14-8-20(2)9-15-25)16-26-31(38)36-33(40)37(32(26)39)23-10-12-24(13-11-23)44-19-22-6-4-5-7-27(22)34/h4-18H,3,19H2,1-2H3,(H,36,38,40)/b26-16+. The summed E-state index contributed by atoms with van der Waals surface area (Å²) in [5.74, 6) is -1.22. The first kappa shape index (κ1) is 33.0. The minimum atomic E-state index is -4.20. The number of carbonyl (C=O) groups is 3. The maximum atomic E-state index is 13.5. The van der Waals surface area contributed by atoms with Crippen molar-refractivity contribution < 1.29 is 36.5 Å². The average molecular weight is 773 g/mol. The molecule has 10 nitrogen and oxygen atoms in total. The molecule has 0 aromatic heterocycles. The molecule has 0 bridgehead atoms. The van der Waals surface area contributed by atoms with Crippen molar-refractivity contribution in [2.75, 3.05) is 11.5 Å². The van der Waals surface area contributed by atoms with Crippen LogP contribution >= 0.6 is 34.2 Å². The average Bonchev–Trinajstić information content (AvgIpc) is 3.01. The number of anilines is 1. The summed E-state index contributed by atoms with van der Waals surface area (Å²) < 4.78 is 43.3. The van der Waals surface area contributed by atoms with Crippen LogP contribution in [0.15, 0.2) is 95.4 Å². The minimum absolute atomic E-state index is 0.0306. The monoisotopic (exact) mass is 772 g/mol. The van der Waals surface area contributed by atoms with Crippen molar-refractivity contribution in [1.82, 2.24) is 5.32 Å². The first-order chi connectivity index (χ1) is 22.0. The molecule has 1 aliphatic heterocycles. The number of rotatable bonds is 10. The van der Waals surface area contributed by atoms with Crippen LogP contribution in [0.25, 0.3) is 6.08 Å². The van der Waals surface area contributed by atoms with E-state index in [1.165, 1.54) is 42.5 Å². The molecule has 4 aromatic rings. The smallest absolute Gasteiger partial charge is 0.339 e. The fourth-order valence-electron chi connectivity index (χ4n) is 4.40. The van der Waals surface area contributed by atoms with Crippen molar-refractivity contribution in [3.05, 3.63) is 116 Å². The van der Waals surface area contributed by atoms with Gasteiger partial charge in [-0.25, -0.2) is 9.69 Å². The number of aryl methyl sites for hydroxylation is 1. The zero-order valence-electron chi connectivity index (χ0n) is 24.5. The Morgan fingerprint density at radius 2 is 1.63 bits per heavy atom. The van der Waals surface area contributed by atoms with Crippen molar-refractivity contribution >= 4 is 73.9 Å². The lowest BCUT2D eigenvalue weighted by atomic mass is 10.1. The number of benzene rings is 4. The van der Waals surface area contributed by atoms with Gasteiger partial charge in [-0.1, -0.05) is 47.5 Å². The van der Waals surface area contributed by atoms with Gasteiger partial charge in [0.05, 0.1) is 15.9 Å². The maximum absolute atomic E-state index is 13.5. The summed E-state index contributed by atoms with van der Waals surface area (Å²) >= 11 is 8.07. The van der Waals surface area contributed by atoms with E-state index in [0.29, 0.717) is 19.9 Å². The third-order valence-corrected chi connectivity index (χ3v) is 9.10. The van der Waals surface area contributed by atoms with Crippen LogP contribution in [0.4, 0.5) is 10.5 Å². The first-order valence-corrected chi connectivity index (χ1v) is 16.7. The number of nitrogens with one attached hydrogen (secondary N) is 1. The number of urea groups is 1. The van der Waals surface area contributed by atoms with E-state index >= 15 is 0 Å². The first-order valence-electron chi connectivity index (χ1n) is 13.8. The molecule has 1 fully saturated rings. The summed E-state index contributed by atoms with van der Waals surface area (Å²) in [5, 5.41) is 2.76. The van der Waals surface area contributed by atoms with Gasteiger partial charge in [0.25, 0.3) is 11.8 Å². The van der Waals surface area contributed by atoms with E-state index in [-0.39, 0.29) is 40.9 Å². The summed E-state index contributed by atoms with van der Waals surface area (Å²) in [5.41, 5.74) is 1.91. The van der Waals surface area contributed by atoms with Gasteiger partial charge in [0, 0.05) is 10.6 Å². The molecule has 4 aromatic carbocycles. The van der Waals surface area contributed by atoms with Gasteiger partial charge in [-0.2, -0.15) is 8.42 Å². The number of amides is 4. The number of carbonyl (C=O) groups excluding carboxylic acids is 3. The molecule has 0 radical (unpaired) electrons. The summed E-state index contributed by atoms with van der Waals surface area (Å²) in [4.78, 5) is 39.9. The summed E-state index contributed by atoms with van der Waals surface area (Å²) in [6.45, 7) is 3.94. The second kappa shape index (κ2) is 13.9. The summed E-state index contributed by atoms with van der Waals surface area (Å²) in [6.07, 6.45) is 1.29. The van der Waals surface area contributed by atoms with E-state index in [1.54, 1.807) is 37.3 Å². The van der Waals surface area contributed by atoms with Crippen LogP contribution in [0.5, 0.6) is 17.2 Å². The molecule has 236 valence electrons. The Hall–Kier alpha value is -4.40. The fourth-order valence-corrected chi connectivity index (χ4v) is 6.44. The number of nitrogens with zero attached hydrogens (tertiary/aromatic N) is 1. The van der Waals surface area contributed by atoms with Crippen LogP contribution < -0.4 is 23.9 Å². The van der Waals surface area contributed by atoms with E-state index in [1.807, 2.05) is 47.7 Å². The van der Waals surface area contributed by atoms with E-state index < -0.39 is 28.0 Å². The largest absolute Gasteiger partial charge is 0.490 e. The molecule has 46 heavy (non-hydrogen) atoms. The van der Waals surface area contributed by atoms with Crippen LogP contribution in [0.2, 0.25) is 5.02 Å². The lowest BCUT2D eigenvalue weighted by molar-refractivity contribution is -0.122. The zero-order valence-corrected chi connectivity index (χ0v) is 28.2. The number of hydrogen-bond donors (Lipinski definition) is 1. The van der Waals surface area contributed by atoms with Gasteiger partial charge in [-0.05, 0) is 103 Å². The Kier molecular flexibility index (Phi) is 9.99. The Morgan fingerprint density at radius 3 is 2.30 bits per heavy atom. The third kappa shape index (κ3) is 7.35. The molecule has 1 heterocycles. The van der Waals surface area contributed by atoms with E-state index in [9.17, 15) is 22.8 Å². The highest BCUT2D eigenvalue weighted by Crippen LogP contribution is 2.37. The Labute approximate surface area is 284 Å². The highest BCUT2D eigenvalue weighted by atomic mass is 127. The van der Waals surface area contributed by atoms with Gasteiger partial charge in [0.15, 0.2) is 11.5 Å². The molecule has 0 aliphatic carbocycles. The van der Waals surface area contributed by atoms with Gasteiger partial charge in [-0.3, -0.25) is 14.9 Å². The predicted molar refractivity (Wildman–Crippen MR) is 181 cm³/mol. The molecule has 1 aliphatic rings. The molecule has 13 heteroatoms. The van der Waals surface area contributed by atoms with Gasteiger partial charge in [-0.15, -0.1) is 0 Å². The fraction of sp³-hybridized carbons (Fsp3) is 0.121.